The molecule has 0 aromatic heterocycles. The fourth-order valence-corrected chi connectivity index (χ4v) is 1.66. The summed E-state index contributed by atoms with van der Waals surface area (Å²) in [5.41, 5.74) is 1.20. The molecule has 5 heteroatoms. The van der Waals surface area contributed by atoms with Gasteiger partial charge in [-0.2, -0.15) is 0 Å². The Morgan fingerprint density at radius 1 is 1.62 bits per heavy atom. The summed E-state index contributed by atoms with van der Waals surface area (Å²) in [6.07, 6.45) is 5.99. The molecule has 1 aliphatic heterocycles. The maximum Gasteiger partial charge on any atom is 0.118 e. The Hall–Kier alpha value is -1.36. The van der Waals surface area contributed by atoms with Crippen LogP contribution in [-0.2, 0) is 9.68 Å². The molecule has 0 amide bonds. The van der Waals surface area contributed by atoms with Crippen LogP contribution in [0.1, 0.15) is 12.8 Å². The molecular weight excluding hydrogens is 206 g/mol. The van der Waals surface area contributed by atoms with Crippen molar-refractivity contribution in [3.63, 3.8) is 0 Å². The lowest BCUT2D eigenvalue weighted by Gasteiger charge is -2.25. The highest BCUT2D eigenvalue weighted by atomic mass is 16.6. The van der Waals surface area contributed by atoms with Crippen molar-refractivity contribution in [1.29, 1.82) is 0 Å². The number of nitrogens with zero attached hydrogens (tertiary/aromatic N) is 3. The average Bonchev–Trinajstić information content (AvgIpc) is 2.33. The van der Waals surface area contributed by atoms with E-state index in [9.17, 15) is 0 Å². The quantitative estimate of drug-likeness (QED) is 0.372. The molecule has 0 spiro atoms. The molecule has 0 atom stereocenters. The highest BCUT2D eigenvalue weighted by Crippen LogP contribution is 2.08. The van der Waals surface area contributed by atoms with E-state index in [0.717, 1.165) is 32.5 Å². The normalized spacial score (nSPS) is 17.2. The fraction of sp³-hybridized carbons (Fsp3) is 0.636. The topological polar surface area (TPSA) is 46.4 Å². The van der Waals surface area contributed by atoms with Crippen LogP contribution in [0.25, 0.3) is 0 Å². The smallest absolute Gasteiger partial charge is 0.118 e. The number of rotatable bonds is 7. The fourth-order valence-electron chi connectivity index (χ4n) is 1.66. The number of oxime groups is 2. The van der Waals surface area contributed by atoms with Crippen molar-refractivity contribution in [2.75, 3.05) is 33.4 Å². The molecule has 0 unspecified atom stereocenters. The van der Waals surface area contributed by atoms with Crippen LogP contribution in [0.3, 0.4) is 0 Å². The first-order valence-corrected chi connectivity index (χ1v) is 5.42. The molecule has 0 saturated heterocycles. The molecule has 0 fully saturated rings. The molecule has 0 radical (unpaired) electrons. The van der Waals surface area contributed by atoms with Crippen LogP contribution in [-0.4, -0.2) is 51.2 Å². The number of hydrogen-bond donors (Lipinski definition) is 0. The van der Waals surface area contributed by atoms with E-state index in [4.69, 9.17) is 4.84 Å². The van der Waals surface area contributed by atoms with Crippen molar-refractivity contribution in [2.45, 2.75) is 12.8 Å². The third-order valence-electron chi connectivity index (χ3n) is 2.38. The molecule has 0 aliphatic carbocycles. The van der Waals surface area contributed by atoms with Crippen LogP contribution in [0, 0.1) is 0 Å². The van der Waals surface area contributed by atoms with Gasteiger partial charge in [-0.3, -0.25) is 4.90 Å². The molecule has 0 bridgehead atoms. The van der Waals surface area contributed by atoms with Crippen LogP contribution in [0.5, 0.6) is 0 Å². The van der Waals surface area contributed by atoms with E-state index in [1.165, 1.54) is 5.57 Å². The Kier molecular flexibility index (Phi) is 6.25. The molecule has 1 rings (SSSR count). The van der Waals surface area contributed by atoms with E-state index in [2.05, 4.69) is 32.8 Å². The van der Waals surface area contributed by atoms with Gasteiger partial charge in [-0.25, -0.2) is 0 Å². The third-order valence-corrected chi connectivity index (χ3v) is 2.38. The number of hydrogen-bond acceptors (Lipinski definition) is 5. The summed E-state index contributed by atoms with van der Waals surface area (Å²) in [5.74, 6) is 0. The van der Waals surface area contributed by atoms with Crippen LogP contribution in [0.2, 0.25) is 0 Å². The second-order valence-corrected chi connectivity index (χ2v) is 3.58. The lowest BCUT2D eigenvalue weighted by Crippen LogP contribution is -2.31. The van der Waals surface area contributed by atoms with E-state index < -0.39 is 0 Å². The zero-order valence-electron chi connectivity index (χ0n) is 9.76. The minimum Gasteiger partial charge on any atom is -0.399 e. The Morgan fingerprint density at radius 2 is 2.50 bits per heavy atom. The molecule has 1 aliphatic rings. The summed E-state index contributed by atoms with van der Waals surface area (Å²) < 4.78 is 0. The molecule has 1 heterocycles. The Balaban J connectivity index is 2.23. The van der Waals surface area contributed by atoms with Gasteiger partial charge in [-0.05, 0) is 18.4 Å². The largest absolute Gasteiger partial charge is 0.399 e. The molecule has 0 aromatic rings. The van der Waals surface area contributed by atoms with E-state index in [0.29, 0.717) is 6.61 Å². The molecule has 0 N–H and O–H groups in total. The van der Waals surface area contributed by atoms with Crippen LogP contribution in [0.15, 0.2) is 22.0 Å². The van der Waals surface area contributed by atoms with Crippen molar-refractivity contribution in [3.05, 3.63) is 11.6 Å². The van der Waals surface area contributed by atoms with Crippen molar-refractivity contribution in [1.82, 2.24) is 4.90 Å². The lowest BCUT2D eigenvalue weighted by molar-refractivity contribution is 0.132. The van der Waals surface area contributed by atoms with Gasteiger partial charge in [0.05, 0.1) is 6.21 Å². The molecule has 16 heavy (non-hydrogen) atoms. The van der Waals surface area contributed by atoms with Crippen LogP contribution >= 0.6 is 0 Å². The molecule has 5 nitrogen and oxygen atoms in total. The first-order valence-electron chi connectivity index (χ1n) is 5.42. The Bertz CT molecular complexity index is 264. The van der Waals surface area contributed by atoms with E-state index in [-0.39, 0.29) is 0 Å². The zero-order valence-corrected chi connectivity index (χ0v) is 9.76. The second kappa shape index (κ2) is 7.87. The summed E-state index contributed by atoms with van der Waals surface area (Å²) in [5, 5.41) is 7.13. The average molecular weight is 225 g/mol. The SMILES string of the molecule is C=NOCCCN1CCC=C(C=NOC)C1. The summed E-state index contributed by atoms with van der Waals surface area (Å²) >= 11 is 0. The van der Waals surface area contributed by atoms with Gasteiger partial charge in [-0.15, -0.1) is 5.16 Å². The van der Waals surface area contributed by atoms with E-state index >= 15 is 0 Å². The van der Waals surface area contributed by atoms with Crippen LogP contribution < -0.4 is 0 Å². The van der Waals surface area contributed by atoms with Gasteiger partial charge in [0.1, 0.15) is 13.7 Å². The van der Waals surface area contributed by atoms with Crippen molar-refractivity contribution in [2.24, 2.45) is 10.3 Å². The minimum atomic E-state index is 0.630. The first kappa shape index (κ1) is 12.7. The van der Waals surface area contributed by atoms with Gasteiger partial charge in [0.25, 0.3) is 0 Å². The molecule has 90 valence electrons. The molecule has 0 aromatic carbocycles. The van der Waals surface area contributed by atoms with Gasteiger partial charge >= 0.3 is 0 Å². The molecule has 0 saturated carbocycles. The van der Waals surface area contributed by atoms with E-state index in [1.807, 2.05) is 0 Å². The van der Waals surface area contributed by atoms with Gasteiger partial charge in [-0.1, -0.05) is 11.2 Å². The lowest BCUT2D eigenvalue weighted by atomic mass is 10.1. The second-order valence-electron chi connectivity index (χ2n) is 3.58. The highest BCUT2D eigenvalue weighted by molar-refractivity contribution is 5.78. The third kappa shape index (κ3) is 4.93. The summed E-state index contributed by atoms with van der Waals surface area (Å²) in [4.78, 5) is 11.9. The predicted octanol–water partition coefficient (Wildman–Crippen LogP) is 1.27. The van der Waals surface area contributed by atoms with Gasteiger partial charge in [0, 0.05) is 26.4 Å². The monoisotopic (exact) mass is 225 g/mol. The van der Waals surface area contributed by atoms with Crippen LogP contribution in [0.4, 0.5) is 0 Å². The summed E-state index contributed by atoms with van der Waals surface area (Å²) in [6, 6.07) is 0. The van der Waals surface area contributed by atoms with Gasteiger partial charge < -0.3 is 9.68 Å². The Morgan fingerprint density at radius 3 is 3.25 bits per heavy atom. The predicted molar refractivity (Wildman–Crippen MR) is 64.8 cm³/mol. The van der Waals surface area contributed by atoms with E-state index in [1.54, 1.807) is 13.3 Å². The Labute approximate surface area is 96.4 Å². The maximum atomic E-state index is 4.84. The summed E-state index contributed by atoms with van der Waals surface area (Å²) in [6.45, 7) is 6.92. The highest BCUT2D eigenvalue weighted by Gasteiger charge is 2.10. The standard InChI is InChI=1S/C11H19N3O2/c1-12-16-8-4-7-14-6-3-5-11(10-14)9-13-15-2/h5,9H,1,3-4,6-8,10H2,2H3. The zero-order chi connectivity index (χ0) is 11.6. The summed E-state index contributed by atoms with van der Waals surface area (Å²) in [7, 11) is 1.55. The van der Waals surface area contributed by atoms with Crippen molar-refractivity contribution in [3.8, 4) is 0 Å². The van der Waals surface area contributed by atoms with Crippen molar-refractivity contribution < 1.29 is 9.68 Å². The van der Waals surface area contributed by atoms with Gasteiger partial charge in [0.15, 0.2) is 0 Å². The van der Waals surface area contributed by atoms with Crippen molar-refractivity contribution >= 4 is 12.9 Å². The minimum absolute atomic E-state index is 0.630. The first-order chi connectivity index (χ1) is 7.86. The van der Waals surface area contributed by atoms with Gasteiger partial charge in [0.2, 0.25) is 0 Å². The molecular formula is C11H19N3O2. The maximum absolute atomic E-state index is 4.84.